The van der Waals surface area contributed by atoms with Gasteiger partial charge in [-0.2, -0.15) is 0 Å². The predicted molar refractivity (Wildman–Crippen MR) is 109 cm³/mol. The van der Waals surface area contributed by atoms with Crippen molar-refractivity contribution in [2.75, 3.05) is 5.75 Å². The molecule has 0 atom stereocenters. The second kappa shape index (κ2) is 8.23. The maximum Gasteiger partial charge on any atom is 0.342 e. The van der Waals surface area contributed by atoms with Gasteiger partial charge in [-0.1, -0.05) is 30.0 Å². The number of rotatable bonds is 7. The molecule has 146 valence electrons. The molecule has 3 heterocycles. The van der Waals surface area contributed by atoms with E-state index < -0.39 is 4.92 Å². The lowest BCUT2D eigenvalue weighted by Gasteiger charge is -2.10. The van der Waals surface area contributed by atoms with Crippen LogP contribution in [0.2, 0.25) is 0 Å². The Kier molecular flexibility index (Phi) is 5.34. The number of benzene rings is 1. The molecule has 0 spiro atoms. The van der Waals surface area contributed by atoms with Crippen LogP contribution in [0.5, 0.6) is 0 Å². The average Bonchev–Trinajstić information content (AvgIpc) is 3.33. The van der Waals surface area contributed by atoms with Crippen molar-refractivity contribution in [3.63, 3.8) is 0 Å². The lowest BCUT2D eigenvalue weighted by molar-refractivity contribution is -0.392. The molecule has 0 amide bonds. The second-order valence-electron chi connectivity index (χ2n) is 6.14. The number of aryl methyl sites for hydroxylation is 1. The van der Waals surface area contributed by atoms with Gasteiger partial charge < -0.3 is 10.1 Å². The van der Waals surface area contributed by atoms with Crippen LogP contribution in [0.15, 0.2) is 66.2 Å². The van der Waals surface area contributed by atoms with E-state index in [9.17, 15) is 10.1 Å². The van der Waals surface area contributed by atoms with Gasteiger partial charge in [-0.3, -0.25) is 9.55 Å². The number of pyridine rings is 1. The highest BCUT2D eigenvalue weighted by atomic mass is 32.2. The summed E-state index contributed by atoms with van der Waals surface area (Å²) in [5.74, 6) is 1.87. The van der Waals surface area contributed by atoms with E-state index >= 15 is 0 Å². The van der Waals surface area contributed by atoms with E-state index in [0.29, 0.717) is 29.1 Å². The molecule has 0 aliphatic heterocycles. The second-order valence-corrected chi connectivity index (χ2v) is 7.20. The highest BCUT2D eigenvalue weighted by Crippen LogP contribution is 2.28. The molecule has 0 aliphatic carbocycles. The van der Waals surface area contributed by atoms with Gasteiger partial charge in [0.25, 0.3) is 0 Å². The Bertz CT molecular complexity index is 1130. The van der Waals surface area contributed by atoms with Gasteiger partial charge in [-0.05, 0) is 29.2 Å². The van der Waals surface area contributed by atoms with Gasteiger partial charge in [0.2, 0.25) is 0 Å². The van der Waals surface area contributed by atoms with Gasteiger partial charge in [-0.25, -0.2) is 9.55 Å². The van der Waals surface area contributed by atoms with Crippen LogP contribution < -0.4 is 0 Å². The first kappa shape index (κ1) is 18.8. The van der Waals surface area contributed by atoms with Gasteiger partial charge in [0.15, 0.2) is 16.8 Å². The maximum atomic E-state index is 11.2. The van der Waals surface area contributed by atoms with Crippen LogP contribution in [0.25, 0.3) is 17.1 Å². The first-order chi connectivity index (χ1) is 14.1. The van der Waals surface area contributed by atoms with Crippen LogP contribution in [0.1, 0.15) is 5.82 Å². The summed E-state index contributed by atoms with van der Waals surface area (Å²) >= 11 is 1.48. The monoisotopic (exact) mass is 407 g/mol. The minimum Gasteiger partial charge on any atom is -0.358 e. The van der Waals surface area contributed by atoms with E-state index in [4.69, 9.17) is 0 Å². The van der Waals surface area contributed by atoms with Gasteiger partial charge in [0.1, 0.15) is 12.7 Å². The number of thioether (sulfide) groups is 1. The van der Waals surface area contributed by atoms with Crippen LogP contribution in [0.3, 0.4) is 0 Å². The third kappa shape index (κ3) is 3.87. The molecule has 10 heteroatoms. The highest BCUT2D eigenvalue weighted by molar-refractivity contribution is 7.99. The summed E-state index contributed by atoms with van der Waals surface area (Å²) < 4.78 is 3.56. The van der Waals surface area contributed by atoms with Crippen molar-refractivity contribution in [3.8, 4) is 17.1 Å². The SMILES string of the molecule is Cc1ncc([N+](=O)[O-])n1CCSc1nnc(-c2cccnc2)n1-c1ccccc1. The third-order valence-electron chi connectivity index (χ3n) is 4.33. The van der Waals surface area contributed by atoms with E-state index in [-0.39, 0.29) is 5.82 Å². The van der Waals surface area contributed by atoms with Gasteiger partial charge in [0, 0.05) is 36.3 Å². The fourth-order valence-corrected chi connectivity index (χ4v) is 3.84. The number of nitro groups is 1. The zero-order valence-electron chi connectivity index (χ0n) is 15.5. The van der Waals surface area contributed by atoms with Gasteiger partial charge in [0.05, 0.1) is 0 Å². The Hall–Kier alpha value is -3.53. The molecule has 0 radical (unpaired) electrons. The van der Waals surface area contributed by atoms with Crippen molar-refractivity contribution in [2.24, 2.45) is 0 Å². The Morgan fingerprint density at radius 2 is 1.93 bits per heavy atom. The van der Waals surface area contributed by atoms with E-state index in [2.05, 4.69) is 20.2 Å². The van der Waals surface area contributed by atoms with Crippen molar-refractivity contribution in [1.82, 2.24) is 29.3 Å². The summed E-state index contributed by atoms with van der Waals surface area (Å²) in [6, 6.07) is 13.6. The molecule has 29 heavy (non-hydrogen) atoms. The van der Waals surface area contributed by atoms with Gasteiger partial charge >= 0.3 is 5.82 Å². The molecule has 0 fully saturated rings. The molecular formula is C19H17N7O2S. The van der Waals surface area contributed by atoms with Crippen LogP contribution in [-0.2, 0) is 6.54 Å². The summed E-state index contributed by atoms with van der Waals surface area (Å²) in [5, 5.41) is 20.6. The fourth-order valence-electron chi connectivity index (χ4n) is 2.96. The smallest absolute Gasteiger partial charge is 0.342 e. The zero-order valence-corrected chi connectivity index (χ0v) is 16.4. The molecule has 3 aromatic heterocycles. The summed E-state index contributed by atoms with van der Waals surface area (Å²) in [6.07, 6.45) is 4.74. The predicted octanol–water partition coefficient (Wildman–Crippen LogP) is 3.53. The summed E-state index contributed by atoms with van der Waals surface area (Å²) in [7, 11) is 0. The van der Waals surface area contributed by atoms with Crippen molar-refractivity contribution in [3.05, 3.63) is 77.0 Å². The first-order valence-electron chi connectivity index (χ1n) is 8.85. The summed E-state index contributed by atoms with van der Waals surface area (Å²) in [4.78, 5) is 19.0. The summed E-state index contributed by atoms with van der Waals surface area (Å²) in [6.45, 7) is 2.20. The zero-order chi connectivity index (χ0) is 20.2. The number of nitrogens with zero attached hydrogens (tertiary/aromatic N) is 7. The molecule has 0 unspecified atom stereocenters. The Labute approximate surface area is 170 Å². The Morgan fingerprint density at radius 1 is 1.10 bits per heavy atom. The van der Waals surface area contributed by atoms with E-state index in [0.717, 1.165) is 11.3 Å². The number of para-hydroxylation sites is 1. The number of aromatic nitrogens is 6. The van der Waals surface area contributed by atoms with Crippen molar-refractivity contribution < 1.29 is 4.92 Å². The minimum atomic E-state index is -0.419. The van der Waals surface area contributed by atoms with Crippen molar-refractivity contribution in [1.29, 1.82) is 0 Å². The molecule has 0 aliphatic rings. The highest BCUT2D eigenvalue weighted by Gasteiger charge is 2.19. The van der Waals surface area contributed by atoms with Crippen LogP contribution in [-0.4, -0.2) is 40.0 Å². The standard InChI is InChI=1S/C19H17N7O2S/c1-14-21-13-17(26(27)28)24(14)10-11-29-19-23-22-18(15-6-5-9-20-12-15)25(19)16-7-3-2-4-8-16/h2-9,12-13H,10-11H2,1H3. The Balaban J connectivity index is 1.62. The third-order valence-corrected chi connectivity index (χ3v) is 5.24. The normalized spacial score (nSPS) is 10.9. The molecule has 0 saturated heterocycles. The molecular weight excluding hydrogens is 390 g/mol. The molecule has 0 saturated carbocycles. The topological polar surface area (TPSA) is 105 Å². The van der Waals surface area contributed by atoms with Crippen LogP contribution in [0.4, 0.5) is 5.82 Å². The fraction of sp³-hybridized carbons (Fsp3) is 0.158. The quantitative estimate of drug-likeness (QED) is 0.262. The summed E-state index contributed by atoms with van der Waals surface area (Å²) in [5.41, 5.74) is 1.79. The lowest BCUT2D eigenvalue weighted by atomic mass is 10.2. The molecule has 0 N–H and O–H groups in total. The van der Waals surface area contributed by atoms with Crippen LogP contribution in [0, 0.1) is 17.0 Å². The number of imidazole rings is 1. The number of hydrogen-bond donors (Lipinski definition) is 0. The average molecular weight is 407 g/mol. The van der Waals surface area contributed by atoms with Crippen LogP contribution >= 0.6 is 11.8 Å². The molecule has 4 aromatic rings. The minimum absolute atomic E-state index is 0.0105. The Morgan fingerprint density at radius 3 is 2.66 bits per heavy atom. The number of hydrogen-bond acceptors (Lipinski definition) is 7. The molecule has 1 aromatic carbocycles. The molecule has 4 rings (SSSR count). The van der Waals surface area contributed by atoms with Crippen molar-refractivity contribution in [2.45, 2.75) is 18.6 Å². The molecule has 0 bridgehead atoms. The maximum absolute atomic E-state index is 11.2. The molecule has 9 nitrogen and oxygen atoms in total. The van der Waals surface area contributed by atoms with E-state index in [1.807, 2.05) is 47.0 Å². The first-order valence-corrected chi connectivity index (χ1v) is 9.84. The largest absolute Gasteiger partial charge is 0.358 e. The van der Waals surface area contributed by atoms with E-state index in [1.165, 1.54) is 18.0 Å². The lowest BCUT2D eigenvalue weighted by Crippen LogP contribution is -2.07. The van der Waals surface area contributed by atoms with E-state index in [1.54, 1.807) is 23.9 Å². The van der Waals surface area contributed by atoms with Gasteiger partial charge in [-0.15, -0.1) is 10.2 Å². The van der Waals surface area contributed by atoms with Crippen molar-refractivity contribution >= 4 is 17.6 Å².